The molecule has 1 fully saturated rings. The molecule has 0 aliphatic carbocycles. The summed E-state index contributed by atoms with van der Waals surface area (Å²) in [5.74, 6) is -0.260. The number of nitrogens with zero attached hydrogens (tertiary/aromatic N) is 1. The van der Waals surface area contributed by atoms with E-state index in [2.05, 4.69) is 10.6 Å². The fraction of sp³-hybridized carbons (Fsp3) is 0.500. The Labute approximate surface area is 122 Å². The Bertz CT molecular complexity index is 553. The van der Waals surface area contributed by atoms with E-state index in [1.165, 1.54) is 6.07 Å². The van der Waals surface area contributed by atoms with E-state index in [0.717, 1.165) is 11.1 Å². The van der Waals surface area contributed by atoms with E-state index in [1.54, 1.807) is 13.0 Å². The molecule has 1 unspecified atom stereocenters. The largest absolute Gasteiger partial charge is 0.378 e. The quantitative estimate of drug-likeness (QED) is 0.648. The number of anilines is 1. The number of amides is 1. The Balaban J connectivity index is 2.09. The van der Waals surface area contributed by atoms with Gasteiger partial charge in [-0.3, -0.25) is 14.9 Å². The molecule has 0 radical (unpaired) electrons. The first-order valence-electron chi connectivity index (χ1n) is 6.84. The molecule has 7 heteroatoms. The van der Waals surface area contributed by atoms with Crippen LogP contribution in [0.15, 0.2) is 12.1 Å². The summed E-state index contributed by atoms with van der Waals surface area (Å²) in [7, 11) is 0. The van der Waals surface area contributed by atoms with Gasteiger partial charge in [0.1, 0.15) is 5.69 Å². The van der Waals surface area contributed by atoms with E-state index >= 15 is 0 Å². The van der Waals surface area contributed by atoms with Crippen LogP contribution in [0, 0.1) is 24.0 Å². The molecule has 1 amide bonds. The number of benzene rings is 1. The maximum absolute atomic E-state index is 12.0. The molecule has 7 nitrogen and oxygen atoms in total. The van der Waals surface area contributed by atoms with Crippen LogP contribution < -0.4 is 10.6 Å². The summed E-state index contributed by atoms with van der Waals surface area (Å²) in [4.78, 5) is 22.6. The van der Waals surface area contributed by atoms with Gasteiger partial charge in [-0.2, -0.15) is 0 Å². The number of ether oxygens (including phenoxy) is 1. The van der Waals surface area contributed by atoms with Crippen molar-refractivity contribution < 1.29 is 14.5 Å². The smallest absolute Gasteiger partial charge is 0.293 e. The number of hydrogen-bond acceptors (Lipinski definition) is 5. The van der Waals surface area contributed by atoms with Crippen molar-refractivity contribution >= 4 is 17.3 Å². The number of hydrogen-bond donors (Lipinski definition) is 2. The Kier molecular flexibility index (Phi) is 4.87. The van der Waals surface area contributed by atoms with Crippen molar-refractivity contribution in [1.29, 1.82) is 0 Å². The van der Waals surface area contributed by atoms with Crippen LogP contribution >= 0.6 is 0 Å². The van der Waals surface area contributed by atoms with Crippen molar-refractivity contribution in [1.82, 2.24) is 5.32 Å². The van der Waals surface area contributed by atoms with Crippen molar-refractivity contribution in [3.05, 3.63) is 33.4 Å². The number of morpholine rings is 1. The van der Waals surface area contributed by atoms with E-state index in [1.807, 2.05) is 6.92 Å². The van der Waals surface area contributed by atoms with E-state index in [-0.39, 0.29) is 29.7 Å². The zero-order valence-electron chi connectivity index (χ0n) is 12.1. The topological polar surface area (TPSA) is 93.5 Å². The second-order valence-electron chi connectivity index (χ2n) is 5.19. The standard InChI is InChI=1S/C14H19N3O4/c1-9-5-12(13(17(19)20)6-10(9)2)16-14(18)7-11-8-21-4-3-15-11/h5-6,11,15H,3-4,7-8H2,1-2H3,(H,16,18). The van der Waals surface area contributed by atoms with Gasteiger partial charge >= 0.3 is 0 Å². The average Bonchev–Trinajstić information content (AvgIpc) is 2.43. The maximum Gasteiger partial charge on any atom is 0.293 e. The van der Waals surface area contributed by atoms with E-state index in [0.29, 0.717) is 19.8 Å². The number of carbonyl (C=O) groups excluding carboxylic acids is 1. The monoisotopic (exact) mass is 293 g/mol. The van der Waals surface area contributed by atoms with Crippen LogP contribution in [0.1, 0.15) is 17.5 Å². The van der Waals surface area contributed by atoms with E-state index < -0.39 is 4.92 Å². The van der Waals surface area contributed by atoms with Gasteiger partial charge < -0.3 is 15.4 Å². The number of rotatable bonds is 4. The zero-order chi connectivity index (χ0) is 15.4. The molecule has 1 aromatic rings. The molecule has 114 valence electrons. The maximum atomic E-state index is 12.0. The van der Waals surface area contributed by atoms with Crippen LogP contribution in [0.4, 0.5) is 11.4 Å². The van der Waals surface area contributed by atoms with Crippen molar-refractivity contribution in [2.24, 2.45) is 0 Å². The number of nitrogens with one attached hydrogen (secondary N) is 2. The van der Waals surface area contributed by atoms with Gasteiger partial charge in [0.2, 0.25) is 5.91 Å². The third kappa shape index (κ3) is 3.99. The third-order valence-electron chi connectivity index (χ3n) is 3.51. The number of nitro groups is 1. The van der Waals surface area contributed by atoms with Crippen LogP contribution in [0.25, 0.3) is 0 Å². The molecule has 1 saturated heterocycles. The summed E-state index contributed by atoms with van der Waals surface area (Å²) in [5, 5.41) is 16.9. The predicted octanol–water partition coefficient (Wildman–Crippen LogP) is 1.53. The van der Waals surface area contributed by atoms with Crippen LogP contribution in [-0.4, -0.2) is 36.6 Å². The number of nitro benzene ring substituents is 1. The summed E-state index contributed by atoms with van der Waals surface area (Å²) in [6.45, 7) is 5.48. The van der Waals surface area contributed by atoms with Crippen molar-refractivity contribution in [3.8, 4) is 0 Å². The lowest BCUT2D eigenvalue weighted by molar-refractivity contribution is -0.384. The Morgan fingerprint density at radius 3 is 2.81 bits per heavy atom. The highest BCUT2D eigenvalue weighted by Crippen LogP contribution is 2.28. The van der Waals surface area contributed by atoms with Crippen LogP contribution in [0.3, 0.4) is 0 Å². The Morgan fingerprint density at radius 2 is 2.19 bits per heavy atom. The summed E-state index contributed by atoms with van der Waals surface area (Å²) in [6, 6.07) is 3.06. The van der Waals surface area contributed by atoms with Gasteiger partial charge in [-0.1, -0.05) is 0 Å². The minimum Gasteiger partial charge on any atom is -0.378 e. The molecule has 0 aromatic heterocycles. The molecule has 0 spiro atoms. The van der Waals surface area contributed by atoms with Gasteiger partial charge in [0.05, 0.1) is 18.1 Å². The van der Waals surface area contributed by atoms with Gasteiger partial charge in [-0.25, -0.2) is 0 Å². The minimum atomic E-state index is -0.482. The van der Waals surface area contributed by atoms with Gasteiger partial charge in [0.15, 0.2) is 0 Å². The van der Waals surface area contributed by atoms with Gasteiger partial charge in [0, 0.05) is 25.1 Å². The molecule has 1 aliphatic heterocycles. The van der Waals surface area contributed by atoms with Gasteiger partial charge in [-0.15, -0.1) is 0 Å². The normalized spacial score (nSPS) is 18.3. The highest BCUT2D eigenvalue weighted by molar-refractivity contribution is 5.93. The lowest BCUT2D eigenvalue weighted by atomic mass is 10.1. The molecule has 21 heavy (non-hydrogen) atoms. The molecule has 1 heterocycles. The molecule has 1 aromatic carbocycles. The Hall–Kier alpha value is -1.99. The van der Waals surface area contributed by atoms with Crippen LogP contribution in [-0.2, 0) is 9.53 Å². The minimum absolute atomic E-state index is 0.0515. The van der Waals surface area contributed by atoms with Gasteiger partial charge in [-0.05, 0) is 31.0 Å². The lowest BCUT2D eigenvalue weighted by Crippen LogP contribution is -2.43. The van der Waals surface area contributed by atoms with Crippen LogP contribution in [0.2, 0.25) is 0 Å². The molecule has 1 atom stereocenters. The second kappa shape index (κ2) is 6.64. The predicted molar refractivity (Wildman–Crippen MR) is 78.4 cm³/mol. The van der Waals surface area contributed by atoms with Crippen molar-refractivity contribution in [2.75, 3.05) is 25.1 Å². The van der Waals surface area contributed by atoms with Crippen molar-refractivity contribution in [2.45, 2.75) is 26.3 Å². The van der Waals surface area contributed by atoms with E-state index in [4.69, 9.17) is 4.74 Å². The summed E-state index contributed by atoms with van der Waals surface area (Å²) < 4.78 is 5.28. The first-order chi connectivity index (χ1) is 9.97. The highest BCUT2D eigenvalue weighted by Gasteiger charge is 2.21. The van der Waals surface area contributed by atoms with E-state index in [9.17, 15) is 14.9 Å². The van der Waals surface area contributed by atoms with Crippen molar-refractivity contribution in [3.63, 3.8) is 0 Å². The van der Waals surface area contributed by atoms with Crippen LogP contribution in [0.5, 0.6) is 0 Å². The summed E-state index contributed by atoms with van der Waals surface area (Å²) >= 11 is 0. The molecule has 0 bridgehead atoms. The highest BCUT2D eigenvalue weighted by atomic mass is 16.6. The third-order valence-corrected chi connectivity index (χ3v) is 3.51. The first kappa shape index (κ1) is 15.4. The van der Waals surface area contributed by atoms with Gasteiger partial charge in [0.25, 0.3) is 5.69 Å². The fourth-order valence-corrected chi connectivity index (χ4v) is 2.23. The molecule has 2 N–H and O–H groups in total. The number of aryl methyl sites for hydroxylation is 2. The summed E-state index contributed by atoms with van der Waals surface area (Å²) in [6.07, 6.45) is 0.226. The first-order valence-corrected chi connectivity index (χ1v) is 6.84. The molecule has 0 saturated carbocycles. The molecular weight excluding hydrogens is 274 g/mol. The summed E-state index contributed by atoms with van der Waals surface area (Å²) in [5.41, 5.74) is 1.88. The number of carbonyl (C=O) groups is 1. The second-order valence-corrected chi connectivity index (χ2v) is 5.19. The lowest BCUT2D eigenvalue weighted by Gasteiger charge is -2.23. The molecule has 2 rings (SSSR count). The fourth-order valence-electron chi connectivity index (χ4n) is 2.23. The average molecular weight is 293 g/mol. The molecule has 1 aliphatic rings. The molecular formula is C14H19N3O4. The Morgan fingerprint density at radius 1 is 1.48 bits per heavy atom. The SMILES string of the molecule is Cc1cc(NC(=O)CC2COCCN2)c([N+](=O)[O-])cc1C. The zero-order valence-corrected chi connectivity index (χ0v) is 12.1.